The second-order valence-electron chi connectivity index (χ2n) is 3.86. The molecule has 92 valence electrons. The zero-order chi connectivity index (χ0) is 13.1. The van der Waals surface area contributed by atoms with E-state index in [9.17, 15) is 4.79 Å². The van der Waals surface area contributed by atoms with Crippen LogP contribution in [0.2, 0.25) is 0 Å². The van der Waals surface area contributed by atoms with Gasteiger partial charge in [-0.05, 0) is 37.1 Å². The highest BCUT2D eigenvalue weighted by molar-refractivity contribution is 7.99. The quantitative estimate of drug-likeness (QED) is 0.919. The van der Waals surface area contributed by atoms with E-state index in [4.69, 9.17) is 5.11 Å². The first-order valence-corrected chi connectivity index (χ1v) is 6.19. The highest BCUT2D eigenvalue weighted by Gasteiger charge is 2.13. The van der Waals surface area contributed by atoms with Gasteiger partial charge in [-0.15, -0.1) is 0 Å². The largest absolute Gasteiger partial charge is 0.476 e. The molecular formula is C13H12N2O2S. The molecule has 4 nitrogen and oxygen atoms in total. The average Bonchev–Trinajstić information content (AvgIpc) is 2.34. The number of hydrogen-bond donors (Lipinski definition) is 1. The standard InChI is InChI=1S/C13H12N2O2S/c1-8-3-4-10(7-9(8)2)18-12-11(13(16)17)14-5-6-15-12/h3-7H,1-2H3,(H,16,17). The third kappa shape index (κ3) is 2.68. The molecule has 2 aromatic rings. The highest BCUT2D eigenvalue weighted by atomic mass is 32.2. The smallest absolute Gasteiger partial charge is 0.357 e. The Hall–Kier alpha value is -1.88. The summed E-state index contributed by atoms with van der Waals surface area (Å²) < 4.78 is 0. The number of carbonyl (C=O) groups is 1. The fourth-order valence-corrected chi connectivity index (χ4v) is 2.38. The Morgan fingerprint density at radius 3 is 2.56 bits per heavy atom. The first-order valence-electron chi connectivity index (χ1n) is 5.37. The van der Waals surface area contributed by atoms with Gasteiger partial charge in [-0.1, -0.05) is 17.8 Å². The monoisotopic (exact) mass is 260 g/mol. The Bertz CT molecular complexity index is 599. The van der Waals surface area contributed by atoms with Crippen molar-refractivity contribution in [3.05, 3.63) is 47.4 Å². The van der Waals surface area contributed by atoms with Crippen LogP contribution < -0.4 is 0 Å². The van der Waals surface area contributed by atoms with Crippen LogP contribution in [0.4, 0.5) is 0 Å². The van der Waals surface area contributed by atoms with Crippen molar-refractivity contribution in [2.75, 3.05) is 0 Å². The van der Waals surface area contributed by atoms with E-state index < -0.39 is 5.97 Å². The molecule has 18 heavy (non-hydrogen) atoms. The summed E-state index contributed by atoms with van der Waals surface area (Å²) in [6.07, 6.45) is 2.88. The molecule has 0 aliphatic heterocycles. The number of aryl methyl sites for hydroxylation is 2. The summed E-state index contributed by atoms with van der Waals surface area (Å²) >= 11 is 1.31. The minimum atomic E-state index is -1.06. The molecule has 0 saturated heterocycles. The molecule has 0 aliphatic carbocycles. The van der Waals surface area contributed by atoms with Gasteiger partial charge in [-0.3, -0.25) is 0 Å². The van der Waals surface area contributed by atoms with E-state index in [2.05, 4.69) is 9.97 Å². The number of benzene rings is 1. The molecule has 1 aromatic heterocycles. The van der Waals surface area contributed by atoms with Crippen LogP contribution in [0.1, 0.15) is 21.6 Å². The second-order valence-corrected chi connectivity index (χ2v) is 4.93. The van der Waals surface area contributed by atoms with Crippen LogP contribution in [0.25, 0.3) is 0 Å². The lowest BCUT2D eigenvalue weighted by Gasteiger charge is -2.05. The van der Waals surface area contributed by atoms with Crippen LogP contribution in [0.5, 0.6) is 0 Å². The zero-order valence-electron chi connectivity index (χ0n) is 10.0. The van der Waals surface area contributed by atoms with Crippen molar-refractivity contribution in [2.24, 2.45) is 0 Å². The van der Waals surface area contributed by atoms with Gasteiger partial charge in [0.2, 0.25) is 0 Å². The molecule has 5 heteroatoms. The van der Waals surface area contributed by atoms with Gasteiger partial charge in [0.25, 0.3) is 0 Å². The maximum Gasteiger partial charge on any atom is 0.357 e. The van der Waals surface area contributed by atoms with Crippen molar-refractivity contribution in [3.63, 3.8) is 0 Å². The Kier molecular flexibility index (Phi) is 3.62. The number of rotatable bonds is 3. The predicted molar refractivity (Wildman–Crippen MR) is 69.0 cm³/mol. The number of aromatic carboxylic acids is 1. The van der Waals surface area contributed by atoms with Gasteiger partial charge in [-0.25, -0.2) is 14.8 Å². The van der Waals surface area contributed by atoms with Crippen LogP contribution in [-0.2, 0) is 0 Å². The van der Waals surface area contributed by atoms with Crippen LogP contribution in [0.15, 0.2) is 40.5 Å². The van der Waals surface area contributed by atoms with Gasteiger partial charge < -0.3 is 5.11 Å². The first kappa shape index (κ1) is 12.6. The number of hydrogen-bond acceptors (Lipinski definition) is 4. The lowest BCUT2D eigenvalue weighted by molar-refractivity contribution is 0.0685. The Labute approximate surface area is 109 Å². The summed E-state index contributed by atoms with van der Waals surface area (Å²) in [5, 5.41) is 9.44. The highest BCUT2D eigenvalue weighted by Crippen LogP contribution is 2.29. The molecule has 0 bridgehead atoms. The first-order chi connectivity index (χ1) is 8.58. The predicted octanol–water partition coefficient (Wildman–Crippen LogP) is 2.94. The van der Waals surface area contributed by atoms with Crippen molar-refractivity contribution < 1.29 is 9.90 Å². The average molecular weight is 260 g/mol. The molecular weight excluding hydrogens is 248 g/mol. The maximum absolute atomic E-state index is 11.0. The van der Waals surface area contributed by atoms with Gasteiger partial charge in [0, 0.05) is 17.3 Å². The molecule has 0 atom stereocenters. The molecule has 1 heterocycles. The normalized spacial score (nSPS) is 10.3. The summed E-state index contributed by atoms with van der Waals surface area (Å²) in [5.41, 5.74) is 2.36. The Morgan fingerprint density at radius 2 is 1.89 bits per heavy atom. The zero-order valence-corrected chi connectivity index (χ0v) is 10.9. The fraction of sp³-hybridized carbons (Fsp3) is 0.154. The number of carboxylic acids is 1. The minimum absolute atomic E-state index is 0.0132. The third-order valence-corrected chi connectivity index (χ3v) is 3.54. The molecule has 1 N–H and O–H groups in total. The van der Waals surface area contributed by atoms with Crippen LogP contribution >= 0.6 is 11.8 Å². The van der Waals surface area contributed by atoms with Gasteiger partial charge in [0.1, 0.15) is 5.03 Å². The molecule has 0 radical (unpaired) electrons. The third-order valence-electron chi connectivity index (χ3n) is 2.56. The lowest BCUT2D eigenvalue weighted by atomic mass is 10.1. The van der Waals surface area contributed by atoms with Crippen molar-refractivity contribution in [2.45, 2.75) is 23.8 Å². The molecule has 0 unspecified atom stereocenters. The Balaban J connectivity index is 2.34. The number of nitrogens with zero attached hydrogens (tertiary/aromatic N) is 2. The van der Waals surface area contributed by atoms with E-state index in [0.717, 1.165) is 4.90 Å². The van der Waals surface area contributed by atoms with Gasteiger partial charge in [0.15, 0.2) is 5.69 Å². The van der Waals surface area contributed by atoms with Crippen molar-refractivity contribution in [3.8, 4) is 0 Å². The second kappa shape index (κ2) is 5.18. The molecule has 0 saturated carbocycles. The van der Waals surface area contributed by atoms with Crippen molar-refractivity contribution in [1.82, 2.24) is 9.97 Å². The maximum atomic E-state index is 11.0. The fourth-order valence-electron chi connectivity index (χ4n) is 1.44. The van der Waals surface area contributed by atoms with E-state index in [1.807, 2.05) is 32.0 Å². The van der Waals surface area contributed by atoms with E-state index in [0.29, 0.717) is 5.03 Å². The number of carboxylic acid groups (broad SMARTS) is 1. The summed E-state index contributed by atoms with van der Waals surface area (Å²) in [5.74, 6) is -1.06. The van der Waals surface area contributed by atoms with Gasteiger partial charge in [0.05, 0.1) is 0 Å². The molecule has 1 aromatic carbocycles. The van der Waals surface area contributed by atoms with E-state index >= 15 is 0 Å². The van der Waals surface area contributed by atoms with Crippen LogP contribution in [-0.4, -0.2) is 21.0 Å². The molecule has 2 rings (SSSR count). The topological polar surface area (TPSA) is 63.1 Å². The summed E-state index contributed by atoms with van der Waals surface area (Å²) in [4.78, 5) is 19.9. The summed E-state index contributed by atoms with van der Waals surface area (Å²) in [7, 11) is 0. The minimum Gasteiger partial charge on any atom is -0.476 e. The van der Waals surface area contributed by atoms with E-state index in [-0.39, 0.29) is 5.69 Å². The summed E-state index contributed by atoms with van der Waals surface area (Å²) in [6.45, 7) is 4.06. The van der Waals surface area contributed by atoms with Crippen molar-refractivity contribution in [1.29, 1.82) is 0 Å². The number of aromatic nitrogens is 2. The molecule has 0 fully saturated rings. The van der Waals surface area contributed by atoms with Crippen LogP contribution in [0, 0.1) is 13.8 Å². The van der Waals surface area contributed by atoms with Gasteiger partial charge >= 0.3 is 5.97 Å². The van der Waals surface area contributed by atoms with Crippen LogP contribution in [0.3, 0.4) is 0 Å². The molecule has 0 amide bonds. The lowest BCUT2D eigenvalue weighted by Crippen LogP contribution is -2.03. The molecule has 0 aliphatic rings. The summed E-state index contributed by atoms with van der Waals surface area (Å²) in [6, 6.07) is 5.97. The SMILES string of the molecule is Cc1ccc(Sc2nccnc2C(=O)O)cc1C. The van der Waals surface area contributed by atoms with E-state index in [1.165, 1.54) is 35.3 Å². The Morgan fingerprint density at radius 1 is 1.17 bits per heavy atom. The van der Waals surface area contributed by atoms with Gasteiger partial charge in [-0.2, -0.15) is 0 Å². The van der Waals surface area contributed by atoms with Crippen molar-refractivity contribution >= 4 is 17.7 Å². The molecule has 0 spiro atoms. The van der Waals surface area contributed by atoms with E-state index in [1.54, 1.807) is 0 Å².